The molecule has 0 bridgehead atoms. The summed E-state index contributed by atoms with van der Waals surface area (Å²) in [6.45, 7) is 4.22. The lowest BCUT2D eigenvalue weighted by atomic mass is 9.97. The Morgan fingerprint density at radius 1 is 1.17 bits per heavy atom. The van der Waals surface area contributed by atoms with Crippen molar-refractivity contribution in [1.29, 1.82) is 0 Å². The van der Waals surface area contributed by atoms with Crippen LogP contribution < -0.4 is 0 Å². The van der Waals surface area contributed by atoms with E-state index < -0.39 is 15.6 Å². The lowest BCUT2D eigenvalue weighted by Crippen LogP contribution is -2.11. The third kappa shape index (κ3) is 3.77. The van der Waals surface area contributed by atoms with Crippen molar-refractivity contribution in [3.63, 3.8) is 0 Å². The van der Waals surface area contributed by atoms with Crippen LogP contribution in [-0.2, 0) is 16.3 Å². The molecule has 0 amide bonds. The van der Waals surface area contributed by atoms with Crippen LogP contribution in [0.4, 0.5) is 8.78 Å². The Morgan fingerprint density at radius 3 is 2.17 bits per heavy atom. The highest BCUT2D eigenvalue weighted by molar-refractivity contribution is 7.91. The molecule has 0 aliphatic carbocycles. The molecule has 1 aromatic carbocycles. The van der Waals surface area contributed by atoms with Gasteiger partial charge in [-0.15, -0.1) is 0 Å². The molecule has 1 unspecified atom stereocenters. The molecule has 1 atom stereocenters. The molecule has 2 nitrogen and oxygen atoms in total. The fourth-order valence-electron chi connectivity index (χ4n) is 1.92. The first kappa shape index (κ1) is 15.1. The lowest BCUT2D eigenvalue weighted by Gasteiger charge is -2.10. The molecule has 0 aliphatic heterocycles. The van der Waals surface area contributed by atoms with Crippen molar-refractivity contribution in [3.8, 4) is 0 Å². The minimum atomic E-state index is -4.47. The zero-order valence-corrected chi connectivity index (χ0v) is 11.4. The smallest absolute Gasteiger partial charge is 0.218 e. The van der Waals surface area contributed by atoms with E-state index in [1.54, 1.807) is 12.1 Å². The fraction of sp³-hybridized carbons (Fsp3) is 0.538. The average molecular weight is 276 g/mol. The first-order valence-corrected chi connectivity index (χ1v) is 7.53. The monoisotopic (exact) mass is 276 g/mol. The van der Waals surface area contributed by atoms with Gasteiger partial charge in [0.1, 0.15) is 0 Å². The van der Waals surface area contributed by atoms with E-state index in [4.69, 9.17) is 0 Å². The fourth-order valence-corrected chi connectivity index (χ4v) is 2.64. The van der Waals surface area contributed by atoms with Crippen molar-refractivity contribution in [2.45, 2.75) is 43.8 Å². The standard InChI is InChI=1S/C13H18F2O2S/c1-3-4-10(2)9-11-5-7-12(8-6-11)18(16,17)13(14)15/h5-8,10,13H,3-4,9H2,1-2H3. The number of halogens is 2. The number of hydrogen-bond acceptors (Lipinski definition) is 2. The predicted molar refractivity (Wildman–Crippen MR) is 67.4 cm³/mol. The maximum Gasteiger partial charge on any atom is 0.341 e. The maximum absolute atomic E-state index is 12.3. The van der Waals surface area contributed by atoms with E-state index in [0.29, 0.717) is 5.92 Å². The van der Waals surface area contributed by atoms with Gasteiger partial charge in [-0.05, 0) is 30.0 Å². The lowest BCUT2D eigenvalue weighted by molar-refractivity contribution is 0.234. The van der Waals surface area contributed by atoms with Gasteiger partial charge in [0.25, 0.3) is 0 Å². The van der Waals surface area contributed by atoms with Gasteiger partial charge in [-0.1, -0.05) is 38.8 Å². The predicted octanol–water partition coefficient (Wildman–Crippen LogP) is 3.66. The first-order chi connectivity index (χ1) is 8.37. The van der Waals surface area contributed by atoms with Gasteiger partial charge < -0.3 is 0 Å². The molecule has 0 heterocycles. The van der Waals surface area contributed by atoms with Crippen LogP contribution in [0.5, 0.6) is 0 Å². The molecular formula is C13H18F2O2S. The summed E-state index contributed by atoms with van der Waals surface area (Å²) in [6, 6.07) is 5.74. The van der Waals surface area contributed by atoms with Crippen LogP contribution in [0.3, 0.4) is 0 Å². The van der Waals surface area contributed by atoms with E-state index in [2.05, 4.69) is 13.8 Å². The summed E-state index contributed by atoms with van der Waals surface area (Å²) in [5.41, 5.74) is 0.976. The van der Waals surface area contributed by atoms with E-state index >= 15 is 0 Å². The third-order valence-corrected chi connectivity index (χ3v) is 4.25. The average Bonchev–Trinajstić information content (AvgIpc) is 2.29. The quantitative estimate of drug-likeness (QED) is 0.794. The molecule has 18 heavy (non-hydrogen) atoms. The third-order valence-electron chi connectivity index (χ3n) is 2.85. The Morgan fingerprint density at radius 2 is 1.72 bits per heavy atom. The summed E-state index contributed by atoms with van der Waals surface area (Å²) in [5.74, 6) is -2.85. The van der Waals surface area contributed by atoms with Crippen LogP contribution in [-0.4, -0.2) is 14.2 Å². The summed E-state index contributed by atoms with van der Waals surface area (Å²) >= 11 is 0. The second kappa shape index (κ2) is 6.27. The van der Waals surface area contributed by atoms with Crippen LogP contribution in [0.1, 0.15) is 32.3 Å². The molecule has 0 aromatic heterocycles. The Balaban J connectivity index is 2.81. The van der Waals surface area contributed by atoms with Gasteiger partial charge in [-0.3, -0.25) is 0 Å². The molecule has 0 saturated heterocycles. The van der Waals surface area contributed by atoms with Crippen LogP contribution in [0.2, 0.25) is 0 Å². The second-order valence-corrected chi connectivity index (χ2v) is 6.47. The summed E-state index contributed by atoms with van der Waals surface area (Å²) in [6.07, 6.45) is 3.03. The Bertz CT molecular complexity index is 466. The van der Waals surface area contributed by atoms with Crippen LogP contribution in [0.25, 0.3) is 0 Å². The summed E-state index contributed by atoms with van der Waals surface area (Å²) in [7, 11) is -4.47. The van der Waals surface area contributed by atoms with Crippen LogP contribution in [0.15, 0.2) is 29.2 Å². The van der Waals surface area contributed by atoms with Gasteiger partial charge in [0.05, 0.1) is 4.90 Å². The number of alkyl halides is 2. The molecule has 0 spiro atoms. The van der Waals surface area contributed by atoms with Gasteiger partial charge in [0.2, 0.25) is 9.84 Å². The number of hydrogen-bond donors (Lipinski definition) is 0. The SMILES string of the molecule is CCCC(C)Cc1ccc(S(=O)(=O)C(F)F)cc1. The van der Waals surface area contributed by atoms with E-state index in [1.807, 2.05) is 0 Å². The van der Waals surface area contributed by atoms with Gasteiger partial charge in [-0.2, -0.15) is 8.78 Å². The highest BCUT2D eigenvalue weighted by atomic mass is 32.2. The summed E-state index contributed by atoms with van der Waals surface area (Å²) in [4.78, 5) is -0.315. The molecule has 5 heteroatoms. The van der Waals surface area contributed by atoms with E-state index in [9.17, 15) is 17.2 Å². The van der Waals surface area contributed by atoms with Crippen LogP contribution >= 0.6 is 0 Å². The first-order valence-electron chi connectivity index (χ1n) is 5.99. The molecule has 0 fully saturated rings. The summed E-state index contributed by atoms with van der Waals surface area (Å²) in [5, 5.41) is 0. The van der Waals surface area contributed by atoms with Crippen molar-refractivity contribution >= 4 is 9.84 Å². The molecule has 0 saturated carbocycles. The molecule has 1 aromatic rings. The van der Waals surface area contributed by atoms with Crippen molar-refractivity contribution in [3.05, 3.63) is 29.8 Å². The van der Waals surface area contributed by atoms with Crippen molar-refractivity contribution in [2.24, 2.45) is 5.92 Å². The van der Waals surface area contributed by atoms with E-state index in [-0.39, 0.29) is 4.90 Å². The number of benzene rings is 1. The summed E-state index contributed by atoms with van der Waals surface area (Å²) < 4.78 is 47.1. The van der Waals surface area contributed by atoms with Gasteiger partial charge in [0, 0.05) is 0 Å². The number of sulfone groups is 1. The maximum atomic E-state index is 12.3. The highest BCUT2D eigenvalue weighted by Crippen LogP contribution is 2.20. The molecule has 0 N–H and O–H groups in total. The van der Waals surface area contributed by atoms with Gasteiger partial charge in [0.15, 0.2) is 0 Å². The van der Waals surface area contributed by atoms with Crippen molar-refractivity contribution < 1.29 is 17.2 Å². The molecule has 102 valence electrons. The molecular weight excluding hydrogens is 258 g/mol. The van der Waals surface area contributed by atoms with E-state index in [1.165, 1.54) is 12.1 Å². The van der Waals surface area contributed by atoms with Gasteiger partial charge >= 0.3 is 5.76 Å². The van der Waals surface area contributed by atoms with Crippen molar-refractivity contribution in [1.82, 2.24) is 0 Å². The molecule has 0 radical (unpaired) electrons. The Labute approximate surface area is 107 Å². The second-order valence-electron chi connectivity index (χ2n) is 4.55. The topological polar surface area (TPSA) is 34.1 Å². The molecule has 1 rings (SSSR count). The Kier molecular flexibility index (Phi) is 5.26. The van der Waals surface area contributed by atoms with Crippen LogP contribution in [0, 0.1) is 5.92 Å². The zero-order chi connectivity index (χ0) is 13.8. The largest absolute Gasteiger partial charge is 0.341 e. The van der Waals surface area contributed by atoms with Crippen molar-refractivity contribution in [2.75, 3.05) is 0 Å². The van der Waals surface area contributed by atoms with Gasteiger partial charge in [-0.25, -0.2) is 8.42 Å². The normalized spacial score (nSPS) is 13.8. The highest BCUT2D eigenvalue weighted by Gasteiger charge is 2.26. The van der Waals surface area contributed by atoms with E-state index in [0.717, 1.165) is 24.8 Å². The Hall–Kier alpha value is -0.970. The minimum Gasteiger partial charge on any atom is -0.218 e. The number of rotatable bonds is 6. The minimum absolute atomic E-state index is 0.315. The molecule has 0 aliphatic rings. The zero-order valence-electron chi connectivity index (χ0n) is 10.6.